The zero-order chi connectivity index (χ0) is 9.60. The molecule has 0 saturated heterocycles. The van der Waals surface area contributed by atoms with Crippen LogP contribution in [0.25, 0.3) is 0 Å². The molecule has 74 valence electrons. The van der Waals surface area contributed by atoms with Crippen LogP contribution in [0.5, 0.6) is 0 Å². The predicted molar refractivity (Wildman–Crippen MR) is 60.5 cm³/mol. The molecule has 1 heteroatoms. The van der Waals surface area contributed by atoms with E-state index in [0.29, 0.717) is 0 Å². The molecule has 14 heavy (non-hydrogen) atoms. The van der Waals surface area contributed by atoms with Crippen LogP contribution in [0.2, 0.25) is 0 Å². The largest absolute Gasteiger partial charge is 0.293 e. The molecule has 0 aliphatic carbocycles. The minimum absolute atomic E-state index is 1.21. The number of para-hydroxylation sites is 1. The zero-order valence-corrected chi connectivity index (χ0v) is 8.92. The van der Waals surface area contributed by atoms with Gasteiger partial charge in [-0.1, -0.05) is 18.2 Å². The summed E-state index contributed by atoms with van der Waals surface area (Å²) in [4.78, 5) is 0. The molecule has 0 radical (unpaired) electrons. The lowest BCUT2D eigenvalue weighted by atomic mass is 9.90. The van der Waals surface area contributed by atoms with Crippen molar-refractivity contribution >= 4 is 5.69 Å². The van der Waals surface area contributed by atoms with Crippen LogP contribution >= 0.6 is 0 Å². The van der Waals surface area contributed by atoms with Crippen molar-refractivity contribution in [1.29, 1.82) is 0 Å². The van der Waals surface area contributed by atoms with E-state index in [-0.39, 0.29) is 0 Å². The maximum atomic E-state index is 2.42. The Bertz CT molecular complexity index is 339. The molecule has 1 aromatic rings. The van der Waals surface area contributed by atoms with Crippen LogP contribution in [-0.2, 0) is 12.8 Å². The molecule has 2 aliphatic rings. The molecule has 0 saturated carbocycles. The Morgan fingerprint density at radius 1 is 1.00 bits per heavy atom. The van der Waals surface area contributed by atoms with Gasteiger partial charge in [-0.05, 0) is 12.8 Å². The van der Waals surface area contributed by atoms with E-state index in [1.807, 2.05) is 0 Å². The Balaban J connectivity index is 2.25. The van der Waals surface area contributed by atoms with Crippen molar-refractivity contribution in [2.75, 3.05) is 20.1 Å². The van der Waals surface area contributed by atoms with E-state index in [9.17, 15) is 0 Å². The van der Waals surface area contributed by atoms with Gasteiger partial charge in [0, 0.05) is 24.0 Å². The summed E-state index contributed by atoms with van der Waals surface area (Å²) in [5, 5.41) is 0. The average Bonchev–Trinajstić information content (AvgIpc) is 2.18. The first-order valence-corrected chi connectivity index (χ1v) is 5.75. The second-order valence-corrected chi connectivity index (χ2v) is 4.98. The van der Waals surface area contributed by atoms with Gasteiger partial charge in [0.25, 0.3) is 0 Å². The van der Waals surface area contributed by atoms with Crippen molar-refractivity contribution < 1.29 is 0 Å². The fourth-order valence-corrected chi connectivity index (χ4v) is 3.31. The van der Waals surface area contributed by atoms with Crippen LogP contribution in [-0.4, -0.2) is 20.1 Å². The molecular formula is C13H18N+. The highest BCUT2D eigenvalue weighted by Crippen LogP contribution is 2.39. The number of aryl methyl sites for hydroxylation is 2. The molecule has 0 fully saturated rings. The van der Waals surface area contributed by atoms with Gasteiger partial charge in [-0.3, -0.25) is 4.48 Å². The highest BCUT2D eigenvalue weighted by atomic mass is 15.3. The second-order valence-electron chi connectivity index (χ2n) is 4.98. The molecule has 0 unspecified atom stereocenters. The van der Waals surface area contributed by atoms with E-state index in [2.05, 4.69) is 25.2 Å². The van der Waals surface area contributed by atoms with Crippen molar-refractivity contribution in [2.24, 2.45) is 0 Å². The maximum absolute atomic E-state index is 2.42. The van der Waals surface area contributed by atoms with E-state index in [0.717, 1.165) is 0 Å². The summed E-state index contributed by atoms with van der Waals surface area (Å²) < 4.78 is 1.21. The third kappa shape index (κ3) is 1.05. The average molecular weight is 188 g/mol. The van der Waals surface area contributed by atoms with Crippen LogP contribution < -0.4 is 4.48 Å². The summed E-state index contributed by atoms with van der Waals surface area (Å²) >= 11 is 0. The first-order chi connectivity index (χ1) is 6.80. The maximum Gasteiger partial charge on any atom is 0.139 e. The van der Waals surface area contributed by atoms with Gasteiger partial charge >= 0.3 is 0 Å². The molecule has 0 bridgehead atoms. The molecule has 0 amide bonds. The van der Waals surface area contributed by atoms with Crippen molar-refractivity contribution in [1.82, 2.24) is 4.48 Å². The number of benzene rings is 1. The number of rotatable bonds is 0. The fourth-order valence-electron chi connectivity index (χ4n) is 3.31. The molecule has 1 nitrogen and oxygen atoms in total. The van der Waals surface area contributed by atoms with Crippen LogP contribution in [0, 0.1) is 0 Å². The molecule has 0 atom stereocenters. The van der Waals surface area contributed by atoms with Crippen molar-refractivity contribution in [3.05, 3.63) is 29.3 Å². The van der Waals surface area contributed by atoms with Crippen LogP contribution in [0.1, 0.15) is 24.0 Å². The van der Waals surface area contributed by atoms with Gasteiger partial charge in [0.2, 0.25) is 0 Å². The van der Waals surface area contributed by atoms with E-state index < -0.39 is 0 Å². The Labute approximate surface area is 85.9 Å². The lowest BCUT2D eigenvalue weighted by molar-refractivity contribution is 0.288. The van der Waals surface area contributed by atoms with E-state index in [1.165, 1.54) is 43.3 Å². The predicted octanol–water partition coefficient (Wildman–Crippen LogP) is 2.52. The van der Waals surface area contributed by atoms with Gasteiger partial charge in [-0.2, -0.15) is 0 Å². The normalized spacial score (nSPS) is 22.9. The van der Waals surface area contributed by atoms with Crippen molar-refractivity contribution in [2.45, 2.75) is 25.7 Å². The summed E-state index contributed by atoms with van der Waals surface area (Å²) in [6.07, 6.45) is 5.34. The van der Waals surface area contributed by atoms with Crippen LogP contribution in [0.15, 0.2) is 18.2 Å². The first-order valence-electron chi connectivity index (χ1n) is 5.75. The summed E-state index contributed by atoms with van der Waals surface area (Å²) in [5.74, 6) is 0. The summed E-state index contributed by atoms with van der Waals surface area (Å²) in [7, 11) is 2.42. The Morgan fingerprint density at radius 2 is 1.57 bits per heavy atom. The SMILES string of the molecule is C[N+]12CCCc3cccc(c31)CCC2. The molecule has 0 spiro atoms. The van der Waals surface area contributed by atoms with Crippen molar-refractivity contribution in [3.8, 4) is 0 Å². The zero-order valence-electron chi connectivity index (χ0n) is 8.92. The number of hydrogen-bond donors (Lipinski definition) is 0. The van der Waals surface area contributed by atoms with Gasteiger partial charge in [0.05, 0.1) is 20.1 Å². The van der Waals surface area contributed by atoms with Crippen LogP contribution in [0.3, 0.4) is 0 Å². The Hall–Kier alpha value is -0.820. The minimum Gasteiger partial charge on any atom is -0.293 e. The Kier molecular flexibility index (Phi) is 1.72. The molecule has 3 rings (SSSR count). The van der Waals surface area contributed by atoms with Crippen molar-refractivity contribution in [3.63, 3.8) is 0 Å². The molecule has 1 aromatic carbocycles. The fraction of sp³-hybridized carbons (Fsp3) is 0.538. The summed E-state index contributed by atoms with van der Waals surface area (Å²) in [5.41, 5.74) is 4.91. The summed E-state index contributed by atoms with van der Waals surface area (Å²) in [6.45, 7) is 2.70. The van der Waals surface area contributed by atoms with Crippen LogP contribution in [0.4, 0.5) is 5.69 Å². The van der Waals surface area contributed by atoms with E-state index in [1.54, 1.807) is 16.8 Å². The van der Waals surface area contributed by atoms with Gasteiger partial charge in [-0.15, -0.1) is 0 Å². The third-order valence-corrected chi connectivity index (χ3v) is 3.94. The number of quaternary nitrogens is 1. The highest BCUT2D eigenvalue weighted by Gasteiger charge is 2.35. The van der Waals surface area contributed by atoms with Gasteiger partial charge in [-0.25, -0.2) is 0 Å². The quantitative estimate of drug-likeness (QED) is 0.549. The monoisotopic (exact) mass is 188 g/mol. The number of hydrogen-bond acceptors (Lipinski definition) is 0. The molecule has 0 aromatic heterocycles. The Morgan fingerprint density at radius 3 is 2.14 bits per heavy atom. The third-order valence-electron chi connectivity index (χ3n) is 3.94. The molecule has 2 aliphatic heterocycles. The lowest BCUT2D eigenvalue weighted by Gasteiger charge is -2.42. The van der Waals surface area contributed by atoms with Gasteiger partial charge in [0.1, 0.15) is 5.69 Å². The standard InChI is InChI=1S/C13H18N/c1-14-9-3-7-11-5-2-6-12(13(11)14)8-4-10-14/h2,5-6H,3-4,7-10H2,1H3/q+1. The van der Waals surface area contributed by atoms with E-state index in [4.69, 9.17) is 0 Å². The number of nitrogens with zero attached hydrogens (tertiary/aromatic N) is 1. The first kappa shape index (κ1) is 8.49. The minimum atomic E-state index is 1.21. The second kappa shape index (κ2) is 2.83. The molecule has 0 N–H and O–H groups in total. The summed E-state index contributed by atoms with van der Waals surface area (Å²) in [6, 6.07) is 6.91. The van der Waals surface area contributed by atoms with E-state index >= 15 is 0 Å². The van der Waals surface area contributed by atoms with Gasteiger partial charge in [0.15, 0.2) is 0 Å². The smallest absolute Gasteiger partial charge is 0.139 e. The highest BCUT2D eigenvalue weighted by molar-refractivity contribution is 5.59. The topological polar surface area (TPSA) is 0 Å². The molecule has 2 heterocycles. The van der Waals surface area contributed by atoms with Gasteiger partial charge < -0.3 is 0 Å². The lowest BCUT2D eigenvalue weighted by Crippen LogP contribution is -2.51. The molecular weight excluding hydrogens is 170 g/mol.